The Morgan fingerprint density at radius 3 is 2.42 bits per heavy atom. The predicted molar refractivity (Wildman–Crippen MR) is 42.7 cm³/mol. The topological polar surface area (TPSA) is 38.3 Å². The summed E-state index contributed by atoms with van der Waals surface area (Å²) in [5.74, 6) is 1.60. The van der Waals surface area contributed by atoms with Crippen molar-refractivity contribution in [3.05, 3.63) is 23.8 Å². The first kappa shape index (κ1) is 6.54. The summed E-state index contributed by atoms with van der Waals surface area (Å²) in [6.07, 6.45) is 6.70. The summed E-state index contributed by atoms with van der Waals surface area (Å²) in [5, 5.41) is 0. The first-order valence-electron chi connectivity index (χ1n) is 4.37. The number of ether oxygens (including phenoxy) is 1. The van der Waals surface area contributed by atoms with E-state index < -0.39 is 0 Å². The highest BCUT2D eigenvalue weighted by atomic mass is 16.6. The Kier molecular flexibility index (Phi) is 1.23. The van der Waals surface area contributed by atoms with Crippen LogP contribution in [0.5, 0.6) is 0 Å². The van der Waals surface area contributed by atoms with Crippen LogP contribution in [0.2, 0.25) is 0 Å². The van der Waals surface area contributed by atoms with Gasteiger partial charge in [-0.1, -0.05) is 0 Å². The molecular weight excluding hydrogens is 152 g/mol. The van der Waals surface area contributed by atoms with Crippen molar-refractivity contribution in [2.45, 2.75) is 24.9 Å². The van der Waals surface area contributed by atoms with Crippen LogP contribution in [-0.4, -0.2) is 16.6 Å². The molecule has 0 radical (unpaired) electrons. The van der Waals surface area contributed by atoms with Gasteiger partial charge in [-0.2, -0.15) is 0 Å². The average Bonchev–Trinajstić information content (AvgIpc) is 2.98. The number of hydrogen-bond donors (Lipinski definition) is 0. The Morgan fingerprint density at radius 2 is 1.92 bits per heavy atom. The number of epoxide rings is 1. The van der Waals surface area contributed by atoms with Crippen LogP contribution in [0.1, 0.15) is 36.3 Å². The molecule has 3 rings (SSSR count). The Hall–Kier alpha value is -0.960. The lowest BCUT2D eigenvalue weighted by atomic mass is 10.2. The van der Waals surface area contributed by atoms with Gasteiger partial charge in [-0.3, -0.25) is 0 Å². The molecule has 1 saturated carbocycles. The Morgan fingerprint density at radius 1 is 1.25 bits per heavy atom. The molecule has 0 spiro atoms. The molecule has 0 amide bonds. The smallest absolute Gasteiger partial charge is 0.159 e. The molecule has 1 aliphatic carbocycles. The zero-order valence-corrected chi connectivity index (χ0v) is 6.73. The predicted octanol–water partition coefficient (Wildman–Crippen LogP) is 1.43. The molecule has 2 heterocycles. The molecule has 2 aliphatic rings. The van der Waals surface area contributed by atoms with Gasteiger partial charge in [0.25, 0.3) is 0 Å². The summed E-state index contributed by atoms with van der Waals surface area (Å²) < 4.78 is 5.09. The molecule has 1 saturated heterocycles. The summed E-state index contributed by atoms with van der Waals surface area (Å²) in [4.78, 5) is 8.53. The van der Waals surface area contributed by atoms with Crippen LogP contribution < -0.4 is 0 Å². The van der Waals surface area contributed by atoms with E-state index in [1.54, 1.807) is 0 Å². The van der Waals surface area contributed by atoms with Gasteiger partial charge in [-0.15, -0.1) is 0 Å². The molecule has 3 nitrogen and oxygen atoms in total. The maximum absolute atomic E-state index is 5.09. The lowest BCUT2D eigenvalue weighted by molar-refractivity contribution is 0.406. The molecule has 0 aromatic carbocycles. The summed E-state index contributed by atoms with van der Waals surface area (Å²) in [7, 11) is 0. The molecule has 1 aromatic heterocycles. The van der Waals surface area contributed by atoms with Gasteiger partial charge in [0.05, 0.1) is 6.61 Å². The molecule has 1 aliphatic heterocycles. The third-order valence-electron chi connectivity index (χ3n) is 2.36. The van der Waals surface area contributed by atoms with E-state index in [4.69, 9.17) is 4.74 Å². The Bertz CT molecular complexity index is 257. The SMILES string of the molecule is c1nc(C2CO2)ncc1C1CC1. The zero-order valence-electron chi connectivity index (χ0n) is 6.73. The maximum atomic E-state index is 5.09. The van der Waals surface area contributed by atoms with Crippen LogP contribution in [0.25, 0.3) is 0 Å². The standard InChI is InChI=1S/C9H10N2O/c1-2-6(1)7-3-10-9(11-4-7)8-5-12-8/h3-4,6,8H,1-2,5H2. The van der Waals surface area contributed by atoms with E-state index in [1.165, 1.54) is 18.4 Å². The van der Waals surface area contributed by atoms with Gasteiger partial charge in [0, 0.05) is 12.4 Å². The second-order valence-electron chi connectivity index (χ2n) is 3.47. The Balaban J connectivity index is 1.86. The van der Waals surface area contributed by atoms with Gasteiger partial charge >= 0.3 is 0 Å². The van der Waals surface area contributed by atoms with Crippen molar-refractivity contribution >= 4 is 0 Å². The van der Waals surface area contributed by atoms with Crippen molar-refractivity contribution in [2.75, 3.05) is 6.61 Å². The van der Waals surface area contributed by atoms with Crippen molar-refractivity contribution in [3.63, 3.8) is 0 Å². The van der Waals surface area contributed by atoms with Gasteiger partial charge < -0.3 is 4.74 Å². The quantitative estimate of drug-likeness (QED) is 0.617. The van der Waals surface area contributed by atoms with Crippen LogP contribution in [0.3, 0.4) is 0 Å². The highest BCUT2D eigenvalue weighted by Crippen LogP contribution is 2.39. The van der Waals surface area contributed by atoms with Crippen LogP contribution in [0.4, 0.5) is 0 Å². The van der Waals surface area contributed by atoms with Crippen molar-refractivity contribution in [1.29, 1.82) is 0 Å². The average molecular weight is 162 g/mol. The number of nitrogens with zero attached hydrogens (tertiary/aromatic N) is 2. The minimum Gasteiger partial charge on any atom is -0.365 e. The van der Waals surface area contributed by atoms with E-state index in [-0.39, 0.29) is 6.10 Å². The lowest BCUT2D eigenvalue weighted by Gasteiger charge is -1.96. The van der Waals surface area contributed by atoms with Crippen molar-refractivity contribution in [3.8, 4) is 0 Å². The van der Waals surface area contributed by atoms with Crippen LogP contribution in [-0.2, 0) is 4.74 Å². The van der Waals surface area contributed by atoms with Crippen molar-refractivity contribution in [2.24, 2.45) is 0 Å². The first-order valence-corrected chi connectivity index (χ1v) is 4.37. The van der Waals surface area contributed by atoms with Gasteiger partial charge in [0.15, 0.2) is 5.82 Å². The summed E-state index contributed by atoms with van der Waals surface area (Å²) in [6, 6.07) is 0. The molecular formula is C9H10N2O. The van der Waals surface area contributed by atoms with E-state index in [0.717, 1.165) is 18.3 Å². The fourth-order valence-electron chi connectivity index (χ4n) is 1.34. The molecule has 1 atom stereocenters. The molecule has 1 unspecified atom stereocenters. The van der Waals surface area contributed by atoms with E-state index >= 15 is 0 Å². The van der Waals surface area contributed by atoms with Crippen LogP contribution in [0, 0.1) is 0 Å². The molecule has 62 valence electrons. The van der Waals surface area contributed by atoms with E-state index in [2.05, 4.69) is 9.97 Å². The monoisotopic (exact) mass is 162 g/mol. The van der Waals surface area contributed by atoms with Gasteiger partial charge in [0.1, 0.15) is 6.10 Å². The van der Waals surface area contributed by atoms with Crippen LogP contribution >= 0.6 is 0 Å². The van der Waals surface area contributed by atoms with E-state index in [9.17, 15) is 0 Å². The van der Waals surface area contributed by atoms with E-state index in [1.807, 2.05) is 12.4 Å². The zero-order chi connectivity index (χ0) is 7.97. The molecule has 0 N–H and O–H groups in total. The maximum Gasteiger partial charge on any atom is 0.159 e. The minimum absolute atomic E-state index is 0.193. The number of aromatic nitrogens is 2. The highest BCUT2D eigenvalue weighted by Gasteiger charge is 2.29. The fraction of sp³-hybridized carbons (Fsp3) is 0.556. The highest BCUT2D eigenvalue weighted by molar-refractivity contribution is 5.17. The third kappa shape index (κ3) is 1.10. The number of hydrogen-bond acceptors (Lipinski definition) is 3. The summed E-state index contributed by atoms with van der Waals surface area (Å²) in [6.45, 7) is 0.794. The lowest BCUT2D eigenvalue weighted by Crippen LogP contribution is -1.93. The van der Waals surface area contributed by atoms with Crippen molar-refractivity contribution in [1.82, 2.24) is 9.97 Å². The Labute approximate surface area is 70.8 Å². The van der Waals surface area contributed by atoms with E-state index in [0.29, 0.717) is 0 Å². The normalized spacial score (nSPS) is 27.2. The molecule has 3 heteroatoms. The molecule has 2 fully saturated rings. The van der Waals surface area contributed by atoms with Gasteiger partial charge in [-0.25, -0.2) is 9.97 Å². The second kappa shape index (κ2) is 2.26. The summed E-state index contributed by atoms with van der Waals surface area (Å²) >= 11 is 0. The molecule has 12 heavy (non-hydrogen) atoms. The van der Waals surface area contributed by atoms with Gasteiger partial charge in [0.2, 0.25) is 0 Å². The van der Waals surface area contributed by atoms with Crippen molar-refractivity contribution < 1.29 is 4.74 Å². The van der Waals surface area contributed by atoms with Crippen LogP contribution in [0.15, 0.2) is 12.4 Å². The third-order valence-corrected chi connectivity index (χ3v) is 2.36. The molecule has 0 bridgehead atoms. The fourth-order valence-corrected chi connectivity index (χ4v) is 1.34. The second-order valence-corrected chi connectivity index (χ2v) is 3.47. The largest absolute Gasteiger partial charge is 0.365 e. The van der Waals surface area contributed by atoms with Gasteiger partial charge in [-0.05, 0) is 24.3 Å². The summed E-state index contributed by atoms with van der Waals surface area (Å²) in [5.41, 5.74) is 1.29. The number of rotatable bonds is 2. The first-order chi connectivity index (χ1) is 5.93. The minimum atomic E-state index is 0.193. The molecule has 1 aromatic rings.